The lowest BCUT2D eigenvalue weighted by Crippen LogP contribution is -2.42. The van der Waals surface area contributed by atoms with E-state index in [-0.39, 0.29) is 18.0 Å². The van der Waals surface area contributed by atoms with Crippen molar-refractivity contribution in [2.75, 3.05) is 25.0 Å². The van der Waals surface area contributed by atoms with Gasteiger partial charge in [0, 0.05) is 24.3 Å². The third kappa shape index (κ3) is 5.91. The zero-order valence-electron chi connectivity index (χ0n) is 16.9. The second-order valence-corrected chi connectivity index (χ2v) is 9.33. The minimum absolute atomic E-state index is 0.0576. The van der Waals surface area contributed by atoms with Gasteiger partial charge in [-0.3, -0.25) is 4.79 Å². The van der Waals surface area contributed by atoms with Crippen LogP contribution in [0, 0.1) is 5.82 Å². The summed E-state index contributed by atoms with van der Waals surface area (Å²) in [6.45, 7) is -0.232. The molecule has 3 aromatic carbocycles. The van der Waals surface area contributed by atoms with Gasteiger partial charge in [0.15, 0.2) is 0 Å². The molecule has 0 bridgehead atoms. The first-order chi connectivity index (χ1) is 14.8. The van der Waals surface area contributed by atoms with Gasteiger partial charge in [-0.05, 0) is 60.5 Å². The largest absolute Gasteiger partial charge is 0.314 e. The van der Waals surface area contributed by atoms with Crippen molar-refractivity contribution in [1.29, 1.82) is 0 Å². The molecule has 0 aliphatic heterocycles. The van der Waals surface area contributed by atoms with Crippen LogP contribution in [0.3, 0.4) is 0 Å². The molecule has 0 saturated carbocycles. The summed E-state index contributed by atoms with van der Waals surface area (Å²) in [5, 5.41) is 0.418. The van der Waals surface area contributed by atoms with E-state index in [0.29, 0.717) is 17.1 Å². The lowest BCUT2D eigenvalue weighted by atomic mass is 10.1. The first-order valence-corrected chi connectivity index (χ1v) is 11.4. The van der Waals surface area contributed by atoms with Gasteiger partial charge in [0.2, 0.25) is 15.9 Å². The standard InChI is InChI=1S/C23H22ClFN2O3S/c1-26(21-11-9-20(25)10-12-21)23(28)17-27(16-15-18-5-3-2-4-6-18)31(29,30)22-13-7-19(24)8-14-22/h2-14H,15-17H2,1H3. The third-order valence-corrected chi connectivity index (χ3v) is 6.96. The highest BCUT2D eigenvalue weighted by Crippen LogP contribution is 2.20. The molecule has 0 fully saturated rings. The number of rotatable bonds is 8. The van der Waals surface area contributed by atoms with Crippen LogP contribution in [0.1, 0.15) is 5.56 Å². The van der Waals surface area contributed by atoms with Crippen LogP contribution in [0.15, 0.2) is 83.8 Å². The number of carbonyl (C=O) groups excluding carboxylic acids is 1. The highest BCUT2D eigenvalue weighted by atomic mass is 35.5. The summed E-state index contributed by atoms with van der Waals surface area (Å²) >= 11 is 5.89. The lowest BCUT2D eigenvalue weighted by Gasteiger charge is -2.25. The van der Waals surface area contributed by atoms with Crippen molar-refractivity contribution in [1.82, 2.24) is 4.31 Å². The van der Waals surface area contributed by atoms with Gasteiger partial charge in [0.1, 0.15) is 5.82 Å². The number of anilines is 1. The van der Waals surface area contributed by atoms with Crippen LogP contribution < -0.4 is 4.90 Å². The lowest BCUT2D eigenvalue weighted by molar-refractivity contribution is -0.118. The fourth-order valence-corrected chi connectivity index (χ4v) is 4.52. The summed E-state index contributed by atoms with van der Waals surface area (Å²) in [6, 6.07) is 20.7. The van der Waals surface area contributed by atoms with E-state index in [2.05, 4.69) is 0 Å². The van der Waals surface area contributed by atoms with Crippen LogP contribution in [-0.2, 0) is 21.2 Å². The van der Waals surface area contributed by atoms with Crippen LogP contribution in [0.25, 0.3) is 0 Å². The smallest absolute Gasteiger partial charge is 0.243 e. The number of nitrogens with zero attached hydrogens (tertiary/aromatic N) is 2. The molecule has 0 aromatic heterocycles. The second kappa shape index (κ2) is 10.0. The first-order valence-electron chi connectivity index (χ1n) is 9.59. The minimum Gasteiger partial charge on any atom is -0.314 e. The molecule has 162 valence electrons. The minimum atomic E-state index is -3.94. The predicted molar refractivity (Wildman–Crippen MR) is 120 cm³/mol. The SMILES string of the molecule is CN(C(=O)CN(CCc1ccccc1)S(=O)(=O)c1ccc(Cl)cc1)c1ccc(F)cc1. The van der Waals surface area contributed by atoms with Crippen LogP contribution >= 0.6 is 11.6 Å². The van der Waals surface area contributed by atoms with Crippen LogP contribution in [-0.4, -0.2) is 38.8 Å². The van der Waals surface area contributed by atoms with Crippen LogP contribution in [0.4, 0.5) is 10.1 Å². The Hall–Kier alpha value is -2.74. The van der Waals surface area contributed by atoms with Crippen LogP contribution in [0.2, 0.25) is 5.02 Å². The molecule has 31 heavy (non-hydrogen) atoms. The summed E-state index contributed by atoms with van der Waals surface area (Å²) in [7, 11) is -2.41. The molecule has 3 rings (SSSR count). The maximum absolute atomic E-state index is 13.3. The van der Waals surface area contributed by atoms with Gasteiger partial charge in [0.25, 0.3) is 0 Å². The molecule has 0 heterocycles. The van der Waals surface area contributed by atoms with Gasteiger partial charge in [-0.2, -0.15) is 4.31 Å². The summed E-state index contributed by atoms with van der Waals surface area (Å²) in [6.07, 6.45) is 0.446. The third-order valence-electron chi connectivity index (χ3n) is 4.84. The second-order valence-electron chi connectivity index (χ2n) is 6.96. The van der Waals surface area contributed by atoms with Gasteiger partial charge in [-0.1, -0.05) is 41.9 Å². The summed E-state index contributed by atoms with van der Waals surface area (Å²) in [5.41, 5.74) is 1.43. The quantitative estimate of drug-likeness (QED) is 0.501. The Balaban J connectivity index is 1.84. The number of benzene rings is 3. The molecule has 8 heteroatoms. The molecular formula is C23H22ClFN2O3S. The van der Waals surface area contributed by atoms with E-state index < -0.39 is 21.7 Å². The van der Waals surface area contributed by atoms with Gasteiger partial charge in [-0.15, -0.1) is 0 Å². The predicted octanol–water partition coefficient (Wildman–Crippen LogP) is 4.38. The van der Waals surface area contributed by atoms with E-state index >= 15 is 0 Å². The van der Waals surface area contributed by atoms with E-state index in [4.69, 9.17) is 11.6 Å². The number of halogens is 2. The molecule has 0 radical (unpaired) electrons. The molecule has 3 aromatic rings. The molecular weight excluding hydrogens is 439 g/mol. The van der Waals surface area contributed by atoms with Crippen molar-refractivity contribution in [2.45, 2.75) is 11.3 Å². The van der Waals surface area contributed by atoms with Crippen molar-refractivity contribution in [3.63, 3.8) is 0 Å². The average molecular weight is 461 g/mol. The zero-order chi connectivity index (χ0) is 22.4. The summed E-state index contributed by atoms with van der Waals surface area (Å²) < 4.78 is 40.9. The number of amides is 1. The summed E-state index contributed by atoms with van der Waals surface area (Å²) in [5.74, 6) is -0.850. The van der Waals surface area contributed by atoms with E-state index in [1.54, 1.807) is 0 Å². The van der Waals surface area contributed by atoms with Gasteiger partial charge in [-0.25, -0.2) is 12.8 Å². The van der Waals surface area contributed by atoms with Crippen molar-refractivity contribution >= 4 is 33.2 Å². The number of hydrogen-bond donors (Lipinski definition) is 0. The number of sulfonamides is 1. The Morgan fingerprint density at radius 3 is 2.16 bits per heavy atom. The van der Waals surface area contributed by atoms with E-state index in [0.717, 1.165) is 9.87 Å². The Bertz CT molecular complexity index is 1120. The van der Waals surface area contributed by atoms with Gasteiger partial charge >= 0.3 is 0 Å². The van der Waals surface area contributed by atoms with Crippen molar-refractivity contribution in [3.05, 3.63) is 95.3 Å². The average Bonchev–Trinajstić information content (AvgIpc) is 2.77. The topological polar surface area (TPSA) is 57.7 Å². The molecule has 0 aliphatic rings. The molecule has 0 spiro atoms. The molecule has 0 unspecified atom stereocenters. The highest BCUT2D eigenvalue weighted by Gasteiger charge is 2.28. The van der Waals surface area contributed by atoms with Gasteiger partial charge in [0.05, 0.1) is 11.4 Å². The number of hydrogen-bond acceptors (Lipinski definition) is 3. The molecule has 0 N–H and O–H groups in total. The Morgan fingerprint density at radius 2 is 1.55 bits per heavy atom. The first kappa shape index (κ1) is 22.9. The molecule has 0 atom stereocenters. The Morgan fingerprint density at radius 1 is 0.935 bits per heavy atom. The normalized spacial score (nSPS) is 11.5. The fourth-order valence-electron chi connectivity index (χ4n) is 3.00. The van der Waals surface area contributed by atoms with E-state index in [1.807, 2.05) is 30.3 Å². The van der Waals surface area contributed by atoms with Crippen molar-refractivity contribution in [2.24, 2.45) is 0 Å². The fraction of sp³-hybridized carbons (Fsp3) is 0.174. The number of carbonyl (C=O) groups is 1. The summed E-state index contributed by atoms with van der Waals surface area (Å²) in [4.78, 5) is 14.3. The molecule has 0 saturated heterocycles. The van der Waals surface area contributed by atoms with E-state index in [1.165, 1.54) is 60.5 Å². The molecule has 1 amide bonds. The highest BCUT2D eigenvalue weighted by molar-refractivity contribution is 7.89. The van der Waals surface area contributed by atoms with Crippen molar-refractivity contribution < 1.29 is 17.6 Å². The maximum atomic E-state index is 13.3. The zero-order valence-corrected chi connectivity index (χ0v) is 18.5. The number of likely N-dealkylation sites (N-methyl/N-ethyl adjacent to an activating group) is 1. The Labute approximate surface area is 186 Å². The Kier molecular flexibility index (Phi) is 7.43. The molecule has 5 nitrogen and oxygen atoms in total. The maximum Gasteiger partial charge on any atom is 0.243 e. The van der Waals surface area contributed by atoms with Gasteiger partial charge < -0.3 is 4.90 Å². The monoisotopic (exact) mass is 460 g/mol. The van der Waals surface area contributed by atoms with Crippen LogP contribution in [0.5, 0.6) is 0 Å². The van der Waals surface area contributed by atoms with E-state index in [9.17, 15) is 17.6 Å². The van der Waals surface area contributed by atoms with Crippen molar-refractivity contribution in [3.8, 4) is 0 Å². The molecule has 0 aliphatic carbocycles.